The summed E-state index contributed by atoms with van der Waals surface area (Å²) in [6.07, 6.45) is 0. The Labute approximate surface area is 100 Å². The van der Waals surface area contributed by atoms with E-state index in [2.05, 4.69) is 0 Å². The Morgan fingerprint density at radius 3 is 2.00 bits per heavy atom. The number of benzene rings is 2. The Bertz CT molecular complexity index is 680. The second kappa shape index (κ2) is 4.16. The molecule has 0 atom stereocenters. The maximum Gasteiger partial charge on any atom is 0.169 e. The van der Waals surface area contributed by atoms with Gasteiger partial charge in [-0.1, -0.05) is 12.1 Å². The molecule has 0 radical (unpaired) electrons. The van der Waals surface area contributed by atoms with Crippen LogP contribution in [0.4, 0.5) is 22.0 Å². The van der Waals surface area contributed by atoms with E-state index in [9.17, 15) is 22.0 Å². The average Bonchev–Trinajstić information content (AvgIpc) is 2.50. The molecule has 2 aromatic rings. The summed E-state index contributed by atoms with van der Waals surface area (Å²) >= 11 is 0. The van der Waals surface area contributed by atoms with E-state index < -0.39 is 70.4 Å². The number of hydrogen-bond acceptors (Lipinski definition) is 0. The molecule has 0 aliphatic heterocycles. The Morgan fingerprint density at radius 2 is 1.41 bits per heavy atom. The number of hydrogen-bond donors (Lipinski definition) is 0. The fraction of sp³-hybridized carbons (Fsp3) is 0. The van der Waals surface area contributed by atoms with Crippen molar-refractivity contribution >= 4 is 0 Å². The third-order valence-electron chi connectivity index (χ3n) is 1.89. The van der Waals surface area contributed by atoms with Crippen LogP contribution in [0.25, 0.3) is 11.1 Å². The van der Waals surface area contributed by atoms with Gasteiger partial charge in [0.25, 0.3) is 0 Å². The zero-order valence-electron chi connectivity index (χ0n) is 12.9. The van der Waals surface area contributed by atoms with Crippen molar-refractivity contribution in [3.8, 4) is 11.1 Å². The lowest BCUT2D eigenvalue weighted by atomic mass is 10.0. The molecule has 0 N–H and O–H groups in total. The van der Waals surface area contributed by atoms with Crippen LogP contribution in [0.3, 0.4) is 0 Å². The van der Waals surface area contributed by atoms with Crippen molar-refractivity contribution in [1.82, 2.24) is 0 Å². The van der Waals surface area contributed by atoms with Crippen LogP contribution in [0.15, 0.2) is 30.2 Å². The first-order valence-electron chi connectivity index (χ1n) is 6.69. The van der Waals surface area contributed by atoms with Gasteiger partial charge in [-0.2, -0.15) is 0 Å². The summed E-state index contributed by atoms with van der Waals surface area (Å²) in [4.78, 5) is 0. The summed E-state index contributed by atoms with van der Waals surface area (Å²) < 4.78 is 104. The molecule has 0 aromatic heterocycles. The minimum atomic E-state index is -2.08. The van der Waals surface area contributed by atoms with Crippen molar-refractivity contribution in [2.45, 2.75) is 0 Å². The van der Waals surface area contributed by atoms with Gasteiger partial charge in [0.2, 0.25) is 0 Å². The van der Waals surface area contributed by atoms with Crippen LogP contribution in [0.1, 0.15) is 6.85 Å². The van der Waals surface area contributed by atoms with E-state index in [0.717, 1.165) is 0 Å². The van der Waals surface area contributed by atoms with Crippen LogP contribution in [0.5, 0.6) is 0 Å². The normalized spacial score (nSPS) is 14.8. The summed E-state index contributed by atoms with van der Waals surface area (Å²) in [5, 5.41) is 0. The van der Waals surface area contributed by atoms with Gasteiger partial charge in [0.1, 0.15) is 5.82 Å². The van der Waals surface area contributed by atoms with Gasteiger partial charge < -0.3 is 0 Å². The molecule has 0 saturated carbocycles. The molecule has 5 heteroatoms. The fourth-order valence-corrected chi connectivity index (χ4v) is 1.19. The topological polar surface area (TPSA) is 0 Å². The first kappa shape index (κ1) is 6.74. The minimum absolute atomic E-state index is 1.10. The van der Waals surface area contributed by atoms with Crippen molar-refractivity contribution < 1.29 is 28.8 Å². The molecule has 2 aromatic carbocycles. The van der Waals surface area contributed by atoms with Crippen molar-refractivity contribution in [3.63, 3.8) is 0 Å². The van der Waals surface area contributed by atoms with E-state index in [0.29, 0.717) is 0 Å². The van der Waals surface area contributed by atoms with Gasteiger partial charge in [-0.05, 0) is 17.6 Å². The Hall–Kier alpha value is -1.91. The lowest BCUT2D eigenvalue weighted by molar-refractivity contribution is 0.458. The highest BCUT2D eigenvalue weighted by atomic mass is 19.2. The maximum atomic E-state index is 13.8. The lowest BCUT2D eigenvalue weighted by Crippen LogP contribution is -1.98. The van der Waals surface area contributed by atoms with Crippen molar-refractivity contribution in [2.24, 2.45) is 0 Å². The van der Waals surface area contributed by atoms with E-state index in [4.69, 9.17) is 6.85 Å². The number of halogens is 5. The molecule has 0 spiro atoms. The summed E-state index contributed by atoms with van der Waals surface area (Å²) in [6, 6.07) is -6.43. The smallest absolute Gasteiger partial charge is 0.169 e. The third-order valence-corrected chi connectivity index (χ3v) is 1.89. The Morgan fingerprint density at radius 1 is 0.824 bits per heavy atom. The van der Waals surface area contributed by atoms with Crippen LogP contribution in [-0.2, 0) is 0 Å². The minimum Gasteiger partial charge on any atom is -0.207 e. The highest BCUT2D eigenvalue weighted by Gasteiger charge is 2.20. The Balaban J connectivity index is 3.03. The average molecular weight is 249 g/mol. The first-order chi connectivity index (χ1) is 10.1. The molecule has 0 fully saturated rings. The molecule has 0 heterocycles. The SMILES string of the molecule is [2H]c1c([2H])c(F)c([2H])c(-c2c(F)c(F)c([2H])c(F)c2F)c1[2H]. The maximum absolute atomic E-state index is 13.8. The second-order valence-corrected chi connectivity index (χ2v) is 2.94. The molecule has 0 amide bonds. The van der Waals surface area contributed by atoms with Crippen LogP contribution in [0, 0.1) is 29.1 Å². The van der Waals surface area contributed by atoms with Gasteiger partial charge in [0.05, 0.1) is 12.4 Å². The van der Waals surface area contributed by atoms with Crippen LogP contribution in [0.2, 0.25) is 0 Å². The van der Waals surface area contributed by atoms with Gasteiger partial charge in [-0.15, -0.1) is 0 Å². The fourth-order valence-electron chi connectivity index (χ4n) is 1.19. The van der Waals surface area contributed by atoms with Gasteiger partial charge in [-0.3, -0.25) is 0 Å². The molecule has 2 rings (SSSR count). The van der Waals surface area contributed by atoms with Crippen LogP contribution >= 0.6 is 0 Å². The highest BCUT2D eigenvalue weighted by molar-refractivity contribution is 5.65. The third kappa shape index (κ3) is 2.00. The summed E-state index contributed by atoms with van der Waals surface area (Å²) in [7, 11) is 0. The van der Waals surface area contributed by atoms with E-state index in [1.807, 2.05) is 0 Å². The lowest BCUT2D eigenvalue weighted by Gasteiger charge is -2.07. The second-order valence-electron chi connectivity index (χ2n) is 2.94. The molecule has 0 aliphatic carbocycles. The van der Waals surface area contributed by atoms with E-state index >= 15 is 0 Å². The van der Waals surface area contributed by atoms with Crippen molar-refractivity contribution in [2.75, 3.05) is 0 Å². The quantitative estimate of drug-likeness (QED) is 0.528. The number of rotatable bonds is 1. The molecule has 0 nitrogen and oxygen atoms in total. The van der Waals surface area contributed by atoms with Crippen LogP contribution < -0.4 is 0 Å². The molecule has 0 bridgehead atoms. The van der Waals surface area contributed by atoms with Gasteiger partial charge in [0.15, 0.2) is 23.3 Å². The first-order valence-corrected chi connectivity index (χ1v) is 4.19. The summed E-state index contributed by atoms with van der Waals surface area (Å²) in [6.45, 7) is 0. The zero-order chi connectivity index (χ0) is 16.9. The van der Waals surface area contributed by atoms with Gasteiger partial charge >= 0.3 is 0 Å². The van der Waals surface area contributed by atoms with Gasteiger partial charge in [0, 0.05) is 6.04 Å². The van der Waals surface area contributed by atoms with E-state index in [-0.39, 0.29) is 0 Å². The molecule has 0 saturated heterocycles. The molecule has 0 aliphatic rings. The molecular formula is C12H5F5. The van der Waals surface area contributed by atoms with Crippen molar-refractivity contribution in [3.05, 3.63) is 59.3 Å². The summed E-state index contributed by atoms with van der Waals surface area (Å²) in [5.74, 6) is -9.97. The van der Waals surface area contributed by atoms with E-state index in [1.54, 1.807) is 0 Å². The molecule has 17 heavy (non-hydrogen) atoms. The van der Waals surface area contributed by atoms with E-state index in [1.165, 1.54) is 0 Å². The monoisotopic (exact) mass is 249 g/mol. The van der Waals surface area contributed by atoms with Crippen molar-refractivity contribution in [1.29, 1.82) is 0 Å². The highest BCUT2D eigenvalue weighted by Crippen LogP contribution is 2.29. The predicted octanol–water partition coefficient (Wildman–Crippen LogP) is 4.05. The Kier molecular flexibility index (Phi) is 1.65. The zero-order valence-corrected chi connectivity index (χ0v) is 7.89. The molecular weight excluding hydrogens is 239 g/mol. The predicted molar refractivity (Wildman–Crippen MR) is 51.7 cm³/mol. The summed E-state index contributed by atoms with van der Waals surface area (Å²) in [5.41, 5.74) is -2.76. The molecule has 88 valence electrons. The van der Waals surface area contributed by atoms with Gasteiger partial charge in [-0.25, -0.2) is 22.0 Å². The largest absolute Gasteiger partial charge is 0.207 e. The van der Waals surface area contributed by atoms with Crippen LogP contribution in [-0.4, -0.2) is 0 Å². The standard InChI is InChI=1S/C12H5F5/c13-7-3-1-2-6(4-7)10-11(16)8(14)5-9(15)12(10)17/h1-5H/i1D,2D,3D,4D,5D. The molecule has 0 unspecified atom stereocenters.